The van der Waals surface area contributed by atoms with E-state index in [4.69, 9.17) is 14.9 Å². The molecule has 0 radical (unpaired) electrons. The van der Waals surface area contributed by atoms with E-state index in [-0.39, 0.29) is 12.2 Å². The Labute approximate surface area is 60.8 Å². The summed E-state index contributed by atoms with van der Waals surface area (Å²) in [5.74, 6) is 0. The van der Waals surface area contributed by atoms with Crippen LogP contribution in [-0.4, -0.2) is 25.7 Å². The summed E-state index contributed by atoms with van der Waals surface area (Å²) < 4.78 is 10.2. The van der Waals surface area contributed by atoms with Crippen molar-refractivity contribution in [3.8, 4) is 0 Å². The molecule has 1 saturated carbocycles. The van der Waals surface area contributed by atoms with Gasteiger partial charge in [0.2, 0.25) is 0 Å². The summed E-state index contributed by atoms with van der Waals surface area (Å²) in [6.45, 7) is 0. The number of hydrogen-bond donors (Lipinski definition) is 1. The fraction of sp³-hybridized carbons (Fsp3) is 0.857. The minimum absolute atomic E-state index is 0.127. The highest BCUT2D eigenvalue weighted by molar-refractivity contribution is 5.41. The molecule has 0 heterocycles. The van der Waals surface area contributed by atoms with Crippen LogP contribution in [0.1, 0.15) is 19.3 Å². The maximum Gasteiger partial charge on any atom is 0.167 e. The van der Waals surface area contributed by atoms with Gasteiger partial charge in [0.1, 0.15) is 6.10 Å². The van der Waals surface area contributed by atoms with Crippen molar-refractivity contribution < 1.29 is 9.47 Å². The summed E-state index contributed by atoms with van der Waals surface area (Å²) in [7, 11) is 1.69. The van der Waals surface area contributed by atoms with Gasteiger partial charge in [0, 0.05) is 7.11 Å². The van der Waals surface area contributed by atoms with Crippen LogP contribution < -0.4 is 0 Å². The average Bonchev–Trinajstić information content (AvgIpc) is 2.36. The van der Waals surface area contributed by atoms with Crippen LogP contribution in [0.2, 0.25) is 0 Å². The Morgan fingerprint density at radius 1 is 1.40 bits per heavy atom. The fourth-order valence-corrected chi connectivity index (χ4v) is 1.40. The highest BCUT2D eigenvalue weighted by Crippen LogP contribution is 2.23. The smallest absolute Gasteiger partial charge is 0.167 e. The highest BCUT2D eigenvalue weighted by atomic mass is 16.5. The van der Waals surface area contributed by atoms with Gasteiger partial charge in [-0.05, 0) is 19.3 Å². The van der Waals surface area contributed by atoms with Gasteiger partial charge in [-0.25, -0.2) is 0 Å². The summed E-state index contributed by atoms with van der Waals surface area (Å²) in [5, 5.41) is 6.73. The maximum atomic E-state index is 6.73. The van der Waals surface area contributed by atoms with Gasteiger partial charge in [-0.1, -0.05) is 0 Å². The average molecular weight is 143 g/mol. The topological polar surface area (TPSA) is 42.3 Å². The molecule has 0 aromatic carbocycles. The van der Waals surface area contributed by atoms with E-state index in [1.54, 1.807) is 7.11 Å². The molecule has 0 unspecified atom stereocenters. The molecule has 1 rings (SSSR count). The first kappa shape index (κ1) is 7.54. The number of nitrogens with one attached hydrogen (secondary N) is 1. The first-order chi connectivity index (χ1) is 4.88. The van der Waals surface area contributed by atoms with E-state index in [2.05, 4.69) is 0 Å². The Hall–Kier alpha value is -0.570. The zero-order chi connectivity index (χ0) is 7.40. The molecular formula is C7H13NO2. The largest absolute Gasteiger partial charge is 0.478 e. The lowest BCUT2D eigenvalue weighted by Crippen LogP contribution is -2.24. The number of ether oxygens (including phenoxy) is 2. The molecule has 1 N–H and O–H groups in total. The Bertz CT molecular complexity index is 116. The summed E-state index contributed by atoms with van der Waals surface area (Å²) in [4.78, 5) is 0. The van der Waals surface area contributed by atoms with Crippen LogP contribution in [0, 0.1) is 5.41 Å². The van der Waals surface area contributed by atoms with E-state index in [9.17, 15) is 0 Å². The van der Waals surface area contributed by atoms with Gasteiger partial charge in [-0.3, -0.25) is 5.41 Å². The molecule has 0 amide bonds. The Balaban J connectivity index is 2.34. The van der Waals surface area contributed by atoms with Crippen molar-refractivity contribution in [3.63, 3.8) is 0 Å². The first-order valence-electron chi connectivity index (χ1n) is 3.55. The molecule has 10 heavy (non-hydrogen) atoms. The van der Waals surface area contributed by atoms with Gasteiger partial charge in [0.05, 0.1) is 6.10 Å². The quantitative estimate of drug-likeness (QED) is 0.476. The van der Waals surface area contributed by atoms with E-state index >= 15 is 0 Å². The number of rotatable bonds is 3. The van der Waals surface area contributed by atoms with Crippen LogP contribution >= 0.6 is 0 Å². The van der Waals surface area contributed by atoms with Crippen molar-refractivity contribution in [1.29, 1.82) is 5.41 Å². The third kappa shape index (κ3) is 1.48. The molecule has 2 atom stereocenters. The molecule has 1 fully saturated rings. The SMILES string of the molecule is CO[C@@H]1CCC[C@H]1OC=N. The van der Waals surface area contributed by atoms with Crippen molar-refractivity contribution in [3.05, 3.63) is 0 Å². The normalized spacial score (nSPS) is 32.1. The second-order valence-corrected chi connectivity index (χ2v) is 2.50. The molecule has 58 valence electrons. The third-order valence-corrected chi connectivity index (χ3v) is 1.94. The summed E-state index contributed by atoms with van der Waals surface area (Å²) in [6, 6.07) is 0. The lowest BCUT2D eigenvalue weighted by atomic mass is 10.3. The number of hydrogen-bond acceptors (Lipinski definition) is 3. The van der Waals surface area contributed by atoms with Crippen LogP contribution in [0.25, 0.3) is 0 Å². The van der Waals surface area contributed by atoms with Crippen molar-refractivity contribution in [2.45, 2.75) is 31.5 Å². The monoisotopic (exact) mass is 143 g/mol. The van der Waals surface area contributed by atoms with Crippen molar-refractivity contribution in [2.24, 2.45) is 0 Å². The molecule has 3 heteroatoms. The lowest BCUT2D eigenvalue weighted by Gasteiger charge is -2.15. The predicted molar refractivity (Wildman–Crippen MR) is 38.3 cm³/mol. The van der Waals surface area contributed by atoms with E-state index in [0.717, 1.165) is 25.7 Å². The molecular weight excluding hydrogens is 130 g/mol. The molecule has 3 nitrogen and oxygen atoms in total. The fourth-order valence-electron chi connectivity index (χ4n) is 1.40. The van der Waals surface area contributed by atoms with Crippen LogP contribution in [0.4, 0.5) is 0 Å². The van der Waals surface area contributed by atoms with Gasteiger partial charge in [0.15, 0.2) is 6.40 Å². The molecule has 0 saturated heterocycles. The molecule has 0 bridgehead atoms. The summed E-state index contributed by atoms with van der Waals surface area (Å²) >= 11 is 0. The zero-order valence-electron chi connectivity index (χ0n) is 6.17. The van der Waals surface area contributed by atoms with Gasteiger partial charge >= 0.3 is 0 Å². The molecule has 0 aromatic rings. The minimum atomic E-state index is 0.127. The predicted octanol–water partition coefficient (Wildman–Crippen LogP) is 1.18. The molecule has 0 spiro atoms. The van der Waals surface area contributed by atoms with E-state index < -0.39 is 0 Å². The summed E-state index contributed by atoms with van der Waals surface area (Å²) in [6.07, 6.45) is 4.58. The number of methoxy groups -OCH3 is 1. The van der Waals surface area contributed by atoms with Crippen molar-refractivity contribution in [1.82, 2.24) is 0 Å². The van der Waals surface area contributed by atoms with Crippen molar-refractivity contribution in [2.75, 3.05) is 7.11 Å². The maximum absolute atomic E-state index is 6.73. The Morgan fingerprint density at radius 2 is 2.10 bits per heavy atom. The van der Waals surface area contributed by atoms with E-state index in [1.807, 2.05) is 0 Å². The molecule has 0 aliphatic heterocycles. The Morgan fingerprint density at radius 3 is 2.70 bits per heavy atom. The van der Waals surface area contributed by atoms with Gasteiger partial charge in [0.25, 0.3) is 0 Å². The van der Waals surface area contributed by atoms with Crippen LogP contribution in [-0.2, 0) is 9.47 Å². The summed E-state index contributed by atoms with van der Waals surface area (Å²) in [5.41, 5.74) is 0. The van der Waals surface area contributed by atoms with Crippen LogP contribution in [0.3, 0.4) is 0 Å². The Kier molecular flexibility index (Phi) is 2.68. The van der Waals surface area contributed by atoms with Crippen LogP contribution in [0.5, 0.6) is 0 Å². The van der Waals surface area contributed by atoms with E-state index in [0.29, 0.717) is 0 Å². The zero-order valence-corrected chi connectivity index (χ0v) is 6.17. The second kappa shape index (κ2) is 3.56. The molecule has 1 aliphatic rings. The van der Waals surface area contributed by atoms with Crippen LogP contribution in [0.15, 0.2) is 0 Å². The van der Waals surface area contributed by atoms with Gasteiger partial charge in [-0.15, -0.1) is 0 Å². The van der Waals surface area contributed by atoms with Gasteiger partial charge < -0.3 is 9.47 Å². The van der Waals surface area contributed by atoms with Gasteiger partial charge in [-0.2, -0.15) is 0 Å². The third-order valence-electron chi connectivity index (χ3n) is 1.94. The van der Waals surface area contributed by atoms with Crippen molar-refractivity contribution >= 4 is 6.40 Å². The molecule has 0 aromatic heterocycles. The highest BCUT2D eigenvalue weighted by Gasteiger charge is 2.27. The molecule has 1 aliphatic carbocycles. The van der Waals surface area contributed by atoms with E-state index in [1.165, 1.54) is 0 Å². The first-order valence-corrected chi connectivity index (χ1v) is 3.55. The second-order valence-electron chi connectivity index (χ2n) is 2.50. The lowest BCUT2D eigenvalue weighted by molar-refractivity contribution is 0.0199. The minimum Gasteiger partial charge on any atom is -0.478 e. The standard InChI is InChI=1S/C7H13NO2/c1-9-6-3-2-4-7(6)10-5-8/h5-8H,2-4H2,1H3/t6-,7-/m1/s1.